The lowest BCUT2D eigenvalue weighted by Crippen LogP contribution is -2.12. The molecule has 3 nitrogen and oxygen atoms in total. The summed E-state index contributed by atoms with van der Waals surface area (Å²) in [4.78, 5) is 15.9. The highest BCUT2D eigenvalue weighted by Crippen LogP contribution is 2.23. The molecule has 0 aliphatic rings. The van der Waals surface area contributed by atoms with Gasteiger partial charge in [-0.05, 0) is 46.3 Å². The van der Waals surface area contributed by atoms with Crippen molar-refractivity contribution in [1.29, 1.82) is 0 Å². The summed E-state index contributed by atoms with van der Waals surface area (Å²) in [7, 11) is 0. The number of nitrogens with one attached hydrogen (secondary N) is 1. The van der Waals surface area contributed by atoms with E-state index < -0.39 is 0 Å². The molecule has 0 saturated carbocycles. The van der Waals surface area contributed by atoms with Crippen LogP contribution >= 0.6 is 39.1 Å². The van der Waals surface area contributed by atoms with Gasteiger partial charge in [0.25, 0.3) is 5.91 Å². The van der Waals surface area contributed by atoms with E-state index in [0.717, 1.165) is 4.47 Å². The van der Waals surface area contributed by atoms with Crippen molar-refractivity contribution in [2.75, 3.05) is 5.32 Å². The summed E-state index contributed by atoms with van der Waals surface area (Å²) in [5.41, 5.74) is 0.449. The van der Waals surface area contributed by atoms with Gasteiger partial charge in [-0.25, -0.2) is 4.98 Å². The standard InChI is InChI=1S/C12H7BrCl2N2O/c13-9-2-1-7(5-10(9)15)12(18)17-11-6-8(14)3-4-16-11/h1-6H,(H,16,17,18). The molecule has 0 spiro atoms. The highest BCUT2D eigenvalue weighted by Gasteiger charge is 2.09. The van der Waals surface area contributed by atoms with Gasteiger partial charge < -0.3 is 5.32 Å². The van der Waals surface area contributed by atoms with E-state index in [0.29, 0.717) is 21.4 Å². The molecule has 1 aromatic heterocycles. The van der Waals surface area contributed by atoms with E-state index in [9.17, 15) is 4.79 Å². The highest BCUT2D eigenvalue weighted by atomic mass is 79.9. The molecule has 0 radical (unpaired) electrons. The molecule has 6 heteroatoms. The van der Waals surface area contributed by atoms with Gasteiger partial charge in [0.2, 0.25) is 0 Å². The zero-order chi connectivity index (χ0) is 13.1. The van der Waals surface area contributed by atoms with E-state index >= 15 is 0 Å². The zero-order valence-corrected chi connectivity index (χ0v) is 12.1. The summed E-state index contributed by atoms with van der Waals surface area (Å²) < 4.78 is 0.738. The van der Waals surface area contributed by atoms with Crippen LogP contribution in [0, 0.1) is 0 Å². The fraction of sp³-hybridized carbons (Fsp3) is 0. The largest absolute Gasteiger partial charge is 0.307 e. The molecule has 0 bridgehead atoms. The van der Waals surface area contributed by atoms with E-state index in [2.05, 4.69) is 26.2 Å². The smallest absolute Gasteiger partial charge is 0.256 e. The topological polar surface area (TPSA) is 42.0 Å². The van der Waals surface area contributed by atoms with Gasteiger partial charge in [-0.3, -0.25) is 4.79 Å². The van der Waals surface area contributed by atoms with Gasteiger partial charge in [-0.1, -0.05) is 23.2 Å². The lowest BCUT2D eigenvalue weighted by atomic mass is 10.2. The number of aromatic nitrogens is 1. The second-order valence-electron chi connectivity index (χ2n) is 3.44. The predicted molar refractivity (Wildman–Crippen MR) is 76.4 cm³/mol. The number of benzene rings is 1. The van der Waals surface area contributed by atoms with E-state index in [4.69, 9.17) is 23.2 Å². The molecule has 92 valence electrons. The Morgan fingerprint density at radius 3 is 2.67 bits per heavy atom. The Labute approximate surface area is 122 Å². The van der Waals surface area contributed by atoms with Crippen molar-refractivity contribution in [1.82, 2.24) is 4.98 Å². The average Bonchev–Trinajstić information content (AvgIpc) is 2.32. The highest BCUT2D eigenvalue weighted by molar-refractivity contribution is 9.10. The van der Waals surface area contributed by atoms with E-state index in [1.54, 1.807) is 30.3 Å². The molecule has 2 rings (SSSR count). The summed E-state index contributed by atoms with van der Waals surface area (Å²) in [5.74, 6) is 0.103. The fourth-order valence-electron chi connectivity index (χ4n) is 1.30. The zero-order valence-electron chi connectivity index (χ0n) is 8.95. The molecular weight excluding hydrogens is 339 g/mol. The number of halogens is 3. The number of hydrogen-bond acceptors (Lipinski definition) is 2. The van der Waals surface area contributed by atoms with Crippen LogP contribution in [0.4, 0.5) is 5.82 Å². The molecule has 0 aliphatic heterocycles. The SMILES string of the molecule is O=C(Nc1cc(Cl)ccn1)c1ccc(Br)c(Cl)c1. The van der Waals surface area contributed by atoms with Crippen molar-refractivity contribution in [3.63, 3.8) is 0 Å². The van der Waals surface area contributed by atoms with Gasteiger partial charge in [0.1, 0.15) is 5.82 Å². The molecule has 0 atom stereocenters. The molecule has 0 saturated heterocycles. The third kappa shape index (κ3) is 3.22. The van der Waals surface area contributed by atoms with Gasteiger partial charge >= 0.3 is 0 Å². The van der Waals surface area contributed by atoms with E-state index in [-0.39, 0.29) is 5.91 Å². The Balaban J connectivity index is 2.19. The van der Waals surface area contributed by atoms with Crippen LogP contribution in [0.2, 0.25) is 10.0 Å². The second-order valence-corrected chi connectivity index (χ2v) is 5.14. The molecule has 1 amide bonds. The maximum Gasteiger partial charge on any atom is 0.256 e. The number of rotatable bonds is 2. The molecule has 0 fully saturated rings. The van der Waals surface area contributed by atoms with Crippen LogP contribution in [0.25, 0.3) is 0 Å². The molecular formula is C12H7BrCl2N2O. The van der Waals surface area contributed by atoms with Gasteiger partial charge in [0.05, 0.1) is 5.02 Å². The quantitative estimate of drug-likeness (QED) is 0.876. The Morgan fingerprint density at radius 2 is 2.00 bits per heavy atom. The summed E-state index contributed by atoms with van der Waals surface area (Å²) in [6, 6.07) is 8.15. The first-order chi connectivity index (χ1) is 8.56. The molecule has 1 heterocycles. The normalized spacial score (nSPS) is 10.2. The lowest BCUT2D eigenvalue weighted by Gasteiger charge is -2.05. The van der Waals surface area contributed by atoms with Crippen LogP contribution < -0.4 is 5.32 Å². The van der Waals surface area contributed by atoms with Crippen LogP contribution in [0.3, 0.4) is 0 Å². The monoisotopic (exact) mass is 344 g/mol. The minimum absolute atomic E-state index is 0.292. The fourth-order valence-corrected chi connectivity index (χ4v) is 1.89. The molecule has 18 heavy (non-hydrogen) atoms. The maximum atomic E-state index is 11.9. The number of carbonyl (C=O) groups excluding carboxylic acids is 1. The number of anilines is 1. The van der Waals surface area contributed by atoms with E-state index in [1.165, 1.54) is 6.20 Å². The van der Waals surface area contributed by atoms with Crippen molar-refractivity contribution < 1.29 is 4.79 Å². The van der Waals surface area contributed by atoms with Crippen molar-refractivity contribution in [3.05, 3.63) is 56.6 Å². The first kappa shape index (κ1) is 13.3. The minimum atomic E-state index is -0.292. The Morgan fingerprint density at radius 1 is 1.22 bits per heavy atom. The third-order valence-corrected chi connectivity index (χ3v) is 3.61. The molecule has 0 unspecified atom stereocenters. The van der Waals surface area contributed by atoms with Crippen LogP contribution in [0.15, 0.2) is 41.0 Å². The number of hydrogen-bond donors (Lipinski definition) is 1. The van der Waals surface area contributed by atoms with Crippen molar-refractivity contribution in [2.24, 2.45) is 0 Å². The number of carbonyl (C=O) groups is 1. The van der Waals surface area contributed by atoms with Gasteiger partial charge in [-0.15, -0.1) is 0 Å². The number of amides is 1. The van der Waals surface area contributed by atoms with E-state index in [1.807, 2.05) is 0 Å². The Kier molecular flexibility index (Phi) is 4.22. The summed E-state index contributed by atoms with van der Waals surface area (Å²) >= 11 is 15.0. The first-order valence-corrected chi connectivity index (χ1v) is 6.49. The number of nitrogens with zero attached hydrogens (tertiary/aromatic N) is 1. The van der Waals surface area contributed by atoms with Gasteiger partial charge in [0.15, 0.2) is 0 Å². The van der Waals surface area contributed by atoms with Gasteiger partial charge in [-0.2, -0.15) is 0 Å². The molecule has 1 aromatic carbocycles. The minimum Gasteiger partial charge on any atom is -0.307 e. The Bertz CT molecular complexity index is 604. The van der Waals surface area contributed by atoms with Crippen LogP contribution in [-0.4, -0.2) is 10.9 Å². The molecule has 2 aromatic rings. The van der Waals surface area contributed by atoms with Crippen molar-refractivity contribution in [3.8, 4) is 0 Å². The number of pyridine rings is 1. The van der Waals surface area contributed by atoms with Crippen LogP contribution in [0.1, 0.15) is 10.4 Å². The van der Waals surface area contributed by atoms with Crippen molar-refractivity contribution in [2.45, 2.75) is 0 Å². The van der Waals surface area contributed by atoms with Crippen LogP contribution in [-0.2, 0) is 0 Å². The summed E-state index contributed by atoms with van der Waals surface area (Å²) in [6.45, 7) is 0. The first-order valence-electron chi connectivity index (χ1n) is 4.94. The average molecular weight is 346 g/mol. The Hall–Kier alpha value is -1.10. The molecule has 1 N–H and O–H groups in total. The summed E-state index contributed by atoms with van der Waals surface area (Å²) in [6.07, 6.45) is 1.52. The third-order valence-electron chi connectivity index (χ3n) is 2.15. The van der Waals surface area contributed by atoms with Crippen LogP contribution in [0.5, 0.6) is 0 Å². The van der Waals surface area contributed by atoms with Crippen molar-refractivity contribution >= 4 is 50.9 Å². The second kappa shape index (κ2) is 5.69. The predicted octanol–water partition coefficient (Wildman–Crippen LogP) is 4.40. The summed E-state index contributed by atoms with van der Waals surface area (Å²) in [5, 5.41) is 3.62. The lowest BCUT2D eigenvalue weighted by molar-refractivity contribution is 0.102. The molecule has 0 aliphatic carbocycles. The maximum absolute atomic E-state index is 11.9. The van der Waals surface area contributed by atoms with Gasteiger partial charge in [0, 0.05) is 21.3 Å².